The maximum absolute atomic E-state index is 13.1. The van der Waals surface area contributed by atoms with Gasteiger partial charge in [-0.1, -0.05) is 0 Å². The Morgan fingerprint density at radius 1 is 1.38 bits per heavy atom. The lowest BCUT2D eigenvalue weighted by molar-refractivity contribution is 0.0915. The number of amides is 1. The van der Waals surface area contributed by atoms with Crippen molar-refractivity contribution in [2.24, 2.45) is 0 Å². The molecule has 16 heavy (non-hydrogen) atoms. The lowest BCUT2D eigenvalue weighted by atomic mass is 10.1. The number of hydrogen-bond acceptors (Lipinski definition) is 2. The topological polar surface area (TPSA) is 49.3 Å². The molecule has 0 bridgehead atoms. The Balaban J connectivity index is 2.91. The zero-order chi connectivity index (χ0) is 12.3. The second-order valence-corrected chi connectivity index (χ2v) is 3.30. The summed E-state index contributed by atoms with van der Waals surface area (Å²) in [5, 5.41) is 11.0. The van der Waals surface area contributed by atoms with Crippen LogP contribution >= 0.6 is 0 Å². The van der Waals surface area contributed by atoms with Gasteiger partial charge < -0.3 is 10.4 Å². The van der Waals surface area contributed by atoms with E-state index in [4.69, 9.17) is 5.11 Å². The molecule has 0 fully saturated rings. The van der Waals surface area contributed by atoms with Crippen LogP contribution < -0.4 is 5.32 Å². The Morgan fingerprint density at radius 3 is 2.31 bits per heavy atom. The molecule has 88 valence electrons. The van der Waals surface area contributed by atoms with Gasteiger partial charge in [-0.05, 0) is 6.92 Å². The average molecular weight is 233 g/mol. The van der Waals surface area contributed by atoms with E-state index in [0.717, 1.165) is 0 Å². The molecule has 2 N–H and O–H groups in total. The van der Waals surface area contributed by atoms with Gasteiger partial charge in [0.1, 0.15) is 23.0 Å². The van der Waals surface area contributed by atoms with E-state index in [1.807, 2.05) is 0 Å². The zero-order valence-corrected chi connectivity index (χ0v) is 8.43. The minimum Gasteiger partial charge on any atom is -0.392 e. The highest BCUT2D eigenvalue weighted by Gasteiger charge is 2.18. The lowest BCUT2D eigenvalue weighted by Gasteiger charge is -2.08. The van der Waals surface area contributed by atoms with Gasteiger partial charge in [-0.25, -0.2) is 13.2 Å². The largest absolute Gasteiger partial charge is 0.392 e. The quantitative estimate of drug-likeness (QED) is 0.824. The molecule has 1 rings (SSSR count). The summed E-state index contributed by atoms with van der Waals surface area (Å²) < 4.78 is 38.7. The van der Waals surface area contributed by atoms with Gasteiger partial charge in [0.15, 0.2) is 0 Å². The van der Waals surface area contributed by atoms with Crippen molar-refractivity contribution < 1.29 is 23.1 Å². The summed E-state index contributed by atoms with van der Waals surface area (Å²) in [5.41, 5.74) is -0.859. The molecule has 0 spiro atoms. The van der Waals surface area contributed by atoms with Crippen molar-refractivity contribution in [3.8, 4) is 0 Å². The Labute approximate surface area is 89.9 Å². The zero-order valence-electron chi connectivity index (χ0n) is 8.43. The molecule has 0 aliphatic heterocycles. The Morgan fingerprint density at radius 2 is 1.88 bits per heavy atom. The van der Waals surface area contributed by atoms with Crippen LogP contribution in [0.3, 0.4) is 0 Å². The van der Waals surface area contributed by atoms with Gasteiger partial charge in [0.05, 0.1) is 6.10 Å². The van der Waals surface area contributed by atoms with E-state index in [1.54, 1.807) is 0 Å². The van der Waals surface area contributed by atoms with Crippen molar-refractivity contribution in [3.05, 3.63) is 35.1 Å². The van der Waals surface area contributed by atoms with Crippen LogP contribution in [0.25, 0.3) is 0 Å². The third-order valence-corrected chi connectivity index (χ3v) is 1.79. The van der Waals surface area contributed by atoms with Gasteiger partial charge in [-0.2, -0.15) is 0 Å². The fourth-order valence-electron chi connectivity index (χ4n) is 1.09. The fraction of sp³-hybridized carbons (Fsp3) is 0.300. The van der Waals surface area contributed by atoms with E-state index < -0.39 is 35.0 Å². The van der Waals surface area contributed by atoms with Gasteiger partial charge in [-0.15, -0.1) is 0 Å². The molecule has 0 saturated heterocycles. The first-order valence-corrected chi connectivity index (χ1v) is 4.52. The highest BCUT2D eigenvalue weighted by Crippen LogP contribution is 2.14. The molecule has 0 unspecified atom stereocenters. The normalized spacial score (nSPS) is 12.3. The monoisotopic (exact) mass is 233 g/mol. The van der Waals surface area contributed by atoms with Crippen LogP contribution in [0.4, 0.5) is 13.2 Å². The van der Waals surface area contributed by atoms with Gasteiger partial charge >= 0.3 is 0 Å². The van der Waals surface area contributed by atoms with E-state index in [2.05, 4.69) is 5.32 Å². The van der Waals surface area contributed by atoms with Crippen molar-refractivity contribution in [1.82, 2.24) is 5.32 Å². The van der Waals surface area contributed by atoms with E-state index in [9.17, 15) is 18.0 Å². The van der Waals surface area contributed by atoms with Gasteiger partial charge in [0.25, 0.3) is 5.91 Å². The molecule has 6 heteroatoms. The summed E-state index contributed by atoms with van der Waals surface area (Å²) in [5.74, 6) is -4.68. The minimum absolute atomic E-state index is 0.144. The molecule has 0 aromatic heterocycles. The fourth-order valence-corrected chi connectivity index (χ4v) is 1.09. The number of aliphatic hydroxyl groups is 1. The SMILES string of the molecule is C[C@@H](O)CNC(=O)c1c(F)cc(F)cc1F. The second-order valence-electron chi connectivity index (χ2n) is 3.30. The van der Waals surface area contributed by atoms with Crippen LogP contribution in [0.1, 0.15) is 17.3 Å². The molecule has 0 aliphatic carbocycles. The van der Waals surface area contributed by atoms with Gasteiger partial charge in [0, 0.05) is 18.7 Å². The molecule has 0 saturated carbocycles. The molecular formula is C10H10F3NO2. The molecule has 0 aliphatic rings. The van der Waals surface area contributed by atoms with Crippen molar-refractivity contribution in [3.63, 3.8) is 0 Å². The molecule has 0 heterocycles. The molecule has 3 nitrogen and oxygen atoms in total. The first kappa shape index (κ1) is 12.5. The molecule has 1 atom stereocenters. The lowest BCUT2D eigenvalue weighted by Crippen LogP contribution is -2.31. The number of carbonyl (C=O) groups excluding carboxylic acids is 1. The number of hydrogen-bond donors (Lipinski definition) is 2. The third kappa shape index (κ3) is 2.96. The molecule has 1 aromatic rings. The molecule has 0 radical (unpaired) electrons. The summed E-state index contributed by atoms with van der Waals surface area (Å²) in [6, 6.07) is 0.834. The standard InChI is InChI=1S/C10H10F3NO2/c1-5(15)4-14-10(16)9-7(12)2-6(11)3-8(9)13/h2-3,5,15H,4H2,1H3,(H,14,16)/t5-/m1/s1. The van der Waals surface area contributed by atoms with Gasteiger partial charge in [0.2, 0.25) is 0 Å². The Bertz CT molecular complexity index is 384. The smallest absolute Gasteiger partial charge is 0.257 e. The van der Waals surface area contributed by atoms with Crippen LogP contribution in [-0.4, -0.2) is 23.7 Å². The average Bonchev–Trinajstić information content (AvgIpc) is 2.12. The van der Waals surface area contributed by atoms with Gasteiger partial charge in [-0.3, -0.25) is 4.79 Å². The van der Waals surface area contributed by atoms with Crippen LogP contribution in [0.5, 0.6) is 0 Å². The number of rotatable bonds is 3. The summed E-state index contributed by atoms with van der Waals surface area (Å²) in [4.78, 5) is 11.3. The summed E-state index contributed by atoms with van der Waals surface area (Å²) in [6.45, 7) is 1.26. The van der Waals surface area contributed by atoms with Crippen molar-refractivity contribution in [2.75, 3.05) is 6.54 Å². The summed E-state index contributed by atoms with van der Waals surface area (Å²) in [7, 11) is 0. The molecular weight excluding hydrogens is 223 g/mol. The maximum atomic E-state index is 13.1. The summed E-state index contributed by atoms with van der Waals surface area (Å²) >= 11 is 0. The van der Waals surface area contributed by atoms with Crippen molar-refractivity contribution >= 4 is 5.91 Å². The highest BCUT2D eigenvalue weighted by atomic mass is 19.1. The molecule has 1 amide bonds. The van der Waals surface area contributed by atoms with E-state index in [0.29, 0.717) is 12.1 Å². The third-order valence-electron chi connectivity index (χ3n) is 1.79. The van der Waals surface area contributed by atoms with E-state index in [1.165, 1.54) is 6.92 Å². The number of halogens is 3. The van der Waals surface area contributed by atoms with E-state index >= 15 is 0 Å². The molecule has 1 aromatic carbocycles. The highest BCUT2D eigenvalue weighted by molar-refractivity contribution is 5.94. The maximum Gasteiger partial charge on any atom is 0.257 e. The van der Waals surface area contributed by atoms with Crippen molar-refractivity contribution in [1.29, 1.82) is 0 Å². The van der Waals surface area contributed by atoms with Crippen LogP contribution in [0.15, 0.2) is 12.1 Å². The first-order chi connectivity index (χ1) is 7.41. The predicted molar refractivity (Wildman–Crippen MR) is 50.3 cm³/mol. The number of benzene rings is 1. The van der Waals surface area contributed by atoms with E-state index in [-0.39, 0.29) is 6.54 Å². The van der Waals surface area contributed by atoms with Crippen LogP contribution in [-0.2, 0) is 0 Å². The number of nitrogens with one attached hydrogen (secondary N) is 1. The van der Waals surface area contributed by atoms with Crippen LogP contribution in [0.2, 0.25) is 0 Å². The second kappa shape index (κ2) is 4.98. The minimum atomic E-state index is -1.28. The number of aliphatic hydroxyl groups excluding tert-OH is 1. The Hall–Kier alpha value is -1.56. The van der Waals surface area contributed by atoms with Crippen molar-refractivity contribution in [2.45, 2.75) is 13.0 Å². The first-order valence-electron chi connectivity index (χ1n) is 4.52. The predicted octanol–water partition coefficient (Wildman–Crippen LogP) is 1.21. The van der Waals surface area contributed by atoms with Crippen LogP contribution in [0, 0.1) is 17.5 Å². The Kier molecular flexibility index (Phi) is 3.89. The number of carbonyl (C=O) groups is 1. The summed E-state index contributed by atoms with van der Waals surface area (Å²) in [6.07, 6.45) is -0.837.